The van der Waals surface area contributed by atoms with Crippen LogP contribution in [0.5, 0.6) is 0 Å². The molecule has 0 bridgehead atoms. The van der Waals surface area contributed by atoms with Crippen LogP contribution in [0.4, 0.5) is 0 Å². The number of aliphatic hydroxyl groups excluding tert-OH is 1. The Morgan fingerprint density at radius 1 is 1.56 bits per heavy atom. The summed E-state index contributed by atoms with van der Waals surface area (Å²) in [6, 6.07) is 0.961. The molecule has 0 aromatic carbocycles. The SMILES string of the molecule is Cc1oc(C(=O)O)cc1S(=O)(=O)NCCC(C)O. The largest absolute Gasteiger partial charge is 0.475 e. The number of hydrogen-bond acceptors (Lipinski definition) is 5. The molecule has 1 heterocycles. The summed E-state index contributed by atoms with van der Waals surface area (Å²) in [5.41, 5.74) is 0. The first-order valence-corrected chi connectivity index (χ1v) is 6.74. The molecule has 0 saturated carbocycles. The van der Waals surface area contributed by atoms with E-state index in [1.165, 1.54) is 6.92 Å². The zero-order valence-electron chi connectivity index (χ0n) is 10.0. The highest BCUT2D eigenvalue weighted by Crippen LogP contribution is 2.19. The number of carboxylic acids is 1. The molecule has 1 rings (SSSR count). The molecule has 1 atom stereocenters. The van der Waals surface area contributed by atoms with Crippen molar-refractivity contribution in [3.05, 3.63) is 17.6 Å². The van der Waals surface area contributed by atoms with Gasteiger partial charge in [-0.3, -0.25) is 0 Å². The predicted octanol–water partition coefficient (Wildman–Crippen LogP) is 0.335. The molecular weight excluding hydrogens is 262 g/mol. The molecule has 102 valence electrons. The van der Waals surface area contributed by atoms with Gasteiger partial charge in [0.05, 0.1) is 6.10 Å². The van der Waals surface area contributed by atoms with E-state index in [4.69, 9.17) is 14.6 Å². The third kappa shape index (κ3) is 3.56. The van der Waals surface area contributed by atoms with Crippen LogP contribution in [-0.2, 0) is 10.0 Å². The van der Waals surface area contributed by atoms with E-state index in [2.05, 4.69) is 4.72 Å². The lowest BCUT2D eigenvalue weighted by molar-refractivity contribution is 0.0661. The fourth-order valence-electron chi connectivity index (χ4n) is 1.32. The van der Waals surface area contributed by atoms with Gasteiger partial charge in [-0.1, -0.05) is 0 Å². The third-order valence-electron chi connectivity index (χ3n) is 2.23. The van der Waals surface area contributed by atoms with Crippen LogP contribution in [0.3, 0.4) is 0 Å². The van der Waals surface area contributed by atoms with Crippen LogP contribution in [0.25, 0.3) is 0 Å². The molecule has 0 fully saturated rings. The summed E-state index contributed by atoms with van der Waals surface area (Å²) < 4.78 is 30.7. The smallest absolute Gasteiger partial charge is 0.371 e. The Balaban J connectivity index is 2.88. The maximum atomic E-state index is 11.8. The first-order valence-electron chi connectivity index (χ1n) is 5.25. The van der Waals surface area contributed by atoms with Crippen molar-refractivity contribution in [1.82, 2.24) is 4.72 Å². The Hall–Kier alpha value is -1.38. The summed E-state index contributed by atoms with van der Waals surface area (Å²) in [5.74, 6) is -1.75. The molecule has 18 heavy (non-hydrogen) atoms. The molecule has 7 nitrogen and oxygen atoms in total. The summed E-state index contributed by atoms with van der Waals surface area (Å²) in [6.07, 6.45) is -0.352. The summed E-state index contributed by atoms with van der Waals surface area (Å²) in [4.78, 5) is 10.5. The molecular formula is C10H15NO6S. The van der Waals surface area contributed by atoms with Crippen molar-refractivity contribution in [2.75, 3.05) is 6.54 Å². The fourth-order valence-corrected chi connectivity index (χ4v) is 2.54. The summed E-state index contributed by atoms with van der Waals surface area (Å²) >= 11 is 0. The van der Waals surface area contributed by atoms with Gasteiger partial charge in [-0.25, -0.2) is 17.9 Å². The van der Waals surface area contributed by atoms with E-state index in [9.17, 15) is 13.2 Å². The first kappa shape index (κ1) is 14.7. The second-order valence-corrected chi connectivity index (χ2v) is 5.61. The second kappa shape index (κ2) is 5.51. The number of carbonyl (C=O) groups is 1. The number of aromatic carboxylic acids is 1. The standard InChI is InChI=1S/C10H15NO6S/c1-6(12)3-4-11-18(15,16)9-5-8(10(13)14)17-7(9)2/h5-6,11-12H,3-4H2,1-2H3,(H,13,14). The highest BCUT2D eigenvalue weighted by atomic mass is 32.2. The molecule has 0 saturated heterocycles. The highest BCUT2D eigenvalue weighted by molar-refractivity contribution is 7.89. The molecule has 3 N–H and O–H groups in total. The second-order valence-electron chi connectivity index (χ2n) is 3.87. The minimum Gasteiger partial charge on any atom is -0.475 e. The van der Waals surface area contributed by atoms with E-state index in [-0.39, 0.29) is 23.6 Å². The Labute approximate surface area is 104 Å². The van der Waals surface area contributed by atoms with E-state index >= 15 is 0 Å². The van der Waals surface area contributed by atoms with E-state index in [1.807, 2.05) is 0 Å². The molecule has 0 radical (unpaired) electrons. The Morgan fingerprint density at radius 2 is 2.17 bits per heavy atom. The average Bonchev–Trinajstić information content (AvgIpc) is 2.60. The van der Waals surface area contributed by atoms with Crippen molar-refractivity contribution in [3.8, 4) is 0 Å². The van der Waals surface area contributed by atoms with Crippen molar-refractivity contribution in [2.45, 2.75) is 31.3 Å². The summed E-state index contributed by atoms with van der Waals surface area (Å²) in [6.45, 7) is 2.97. The number of hydrogen-bond donors (Lipinski definition) is 3. The number of sulfonamides is 1. The minimum atomic E-state index is -3.82. The van der Waals surface area contributed by atoms with Crippen LogP contribution in [0.2, 0.25) is 0 Å². The molecule has 1 unspecified atom stereocenters. The number of rotatable bonds is 6. The monoisotopic (exact) mass is 277 g/mol. The van der Waals surface area contributed by atoms with Gasteiger partial charge in [-0.2, -0.15) is 0 Å². The maximum absolute atomic E-state index is 11.8. The Kier molecular flexibility index (Phi) is 4.49. The summed E-state index contributed by atoms with van der Waals surface area (Å²) in [5, 5.41) is 17.7. The van der Waals surface area contributed by atoms with Crippen LogP contribution >= 0.6 is 0 Å². The maximum Gasteiger partial charge on any atom is 0.371 e. The predicted molar refractivity (Wildman–Crippen MR) is 61.9 cm³/mol. The Bertz CT molecular complexity index is 531. The van der Waals surface area contributed by atoms with E-state index in [0.29, 0.717) is 0 Å². The number of furan rings is 1. The van der Waals surface area contributed by atoms with Crippen molar-refractivity contribution >= 4 is 16.0 Å². The van der Waals surface area contributed by atoms with Gasteiger partial charge in [0.2, 0.25) is 15.8 Å². The Morgan fingerprint density at radius 3 is 2.61 bits per heavy atom. The highest BCUT2D eigenvalue weighted by Gasteiger charge is 2.23. The van der Waals surface area contributed by atoms with Crippen LogP contribution in [0, 0.1) is 6.92 Å². The number of nitrogens with one attached hydrogen (secondary N) is 1. The van der Waals surface area contributed by atoms with Crippen molar-refractivity contribution in [2.24, 2.45) is 0 Å². The number of aryl methyl sites for hydroxylation is 1. The van der Waals surface area contributed by atoms with Gasteiger partial charge in [-0.15, -0.1) is 0 Å². The quantitative estimate of drug-likeness (QED) is 0.690. The van der Waals surface area contributed by atoms with Crippen molar-refractivity contribution < 1.29 is 27.8 Å². The first-order chi connectivity index (χ1) is 8.24. The van der Waals surface area contributed by atoms with Gasteiger partial charge in [0.15, 0.2) is 0 Å². The van der Waals surface area contributed by atoms with Gasteiger partial charge < -0.3 is 14.6 Å². The summed E-state index contributed by atoms with van der Waals surface area (Å²) in [7, 11) is -3.82. The molecule has 1 aromatic rings. The zero-order valence-corrected chi connectivity index (χ0v) is 10.8. The normalized spacial score (nSPS) is 13.5. The lowest BCUT2D eigenvalue weighted by atomic mass is 10.3. The van der Waals surface area contributed by atoms with Crippen LogP contribution in [-0.4, -0.2) is 37.2 Å². The van der Waals surface area contributed by atoms with E-state index in [0.717, 1.165) is 6.07 Å². The molecule has 0 spiro atoms. The minimum absolute atomic E-state index is 0.0111. The lowest BCUT2D eigenvalue weighted by Gasteiger charge is -2.06. The fraction of sp³-hybridized carbons (Fsp3) is 0.500. The van der Waals surface area contributed by atoms with Crippen LogP contribution in [0.1, 0.15) is 29.7 Å². The van der Waals surface area contributed by atoms with E-state index in [1.54, 1.807) is 6.92 Å². The molecule has 8 heteroatoms. The van der Waals surface area contributed by atoms with Crippen molar-refractivity contribution in [1.29, 1.82) is 0 Å². The van der Waals surface area contributed by atoms with Gasteiger partial charge in [-0.05, 0) is 20.3 Å². The molecule has 1 aromatic heterocycles. The topological polar surface area (TPSA) is 117 Å². The molecule has 0 aliphatic rings. The van der Waals surface area contributed by atoms with Gasteiger partial charge in [0.1, 0.15) is 10.7 Å². The molecule has 0 aliphatic carbocycles. The lowest BCUT2D eigenvalue weighted by Crippen LogP contribution is -2.26. The van der Waals surface area contributed by atoms with Crippen LogP contribution < -0.4 is 4.72 Å². The zero-order chi connectivity index (χ0) is 13.9. The van der Waals surface area contributed by atoms with Crippen LogP contribution in [0.15, 0.2) is 15.4 Å². The third-order valence-corrected chi connectivity index (χ3v) is 3.80. The van der Waals surface area contributed by atoms with Crippen molar-refractivity contribution in [3.63, 3.8) is 0 Å². The van der Waals surface area contributed by atoms with Gasteiger partial charge >= 0.3 is 5.97 Å². The van der Waals surface area contributed by atoms with E-state index < -0.39 is 27.9 Å². The molecule has 0 aliphatic heterocycles. The average molecular weight is 277 g/mol. The molecule has 0 amide bonds. The van der Waals surface area contributed by atoms with Gasteiger partial charge in [0.25, 0.3) is 0 Å². The number of aliphatic hydroxyl groups is 1. The number of carboxylic acid groups (broad SMARTS) is 1. The van der Waals surface area contributed by atoms with Gasteiger partial charge in [0, 0.05) is 12.6 Å².